The highest BCUT2D eigenvalue weighted by molar-refractivity contribution is 7.84. The van der Waals surface area contributed by atoms with Gasteiger partial charge < -0.3 is 19.2 Å². The minimum atomic E-state index is -1.04. The summed E-state index contributed by atoms with van der Waals surface area (Å²) in [5, 5.41) is 7.03. The summed E-state index contributed by atoms with van der Waals surface area (Å²) in [5.41, 5.74) is 3.93. The van der Waals surface area contributed by atoms with Crippen LogP contribution in [0.4, 0.5) is 16.9 Å². The Kier molecular flexibility index (Phi) is 8.16. The second kappa shape index (κ2) is 11.9. The first kappa shape index (κ1) is 27.4. The Bertz CT molecular complexity index is 1670. The number of nitrogens with zero attached hydrogens (tertiary/aromatic N) is 7. The first-order valence-corrected chi connectivity index (χ1v) is 15.0. The lowest BCUT2D eigenvalue weighted by Gasteiger charge is -2.10. The Morgan fingerprint density at radius 2 is 1.95 bits per heavy atom. The van der Waals surface area contributed by atoms with E-state index in [-0.39, 0.29) is 6.61 Å². The van der Waals surface area contributed by atoms with Gasteiger partial charge in [-0.25, -0.2) is 19.7 Å². The SMILES string of the molecule is CCOC(=O)c1sc(Nc2nc(NCCc3cncn3C)c3ncn(Cc4ccc(S(C)=O)cc4)c3n2)nc1C. The Hall–Kier alpha value is -4.17. The maximum Gasteiger partial charge on any atom is 0.350 e. The molecule has 0 aliphatic carbocycles. The smallest absolute Gasteiger partial charge is 0.350 e. The van der Waals surface area contributed by atoms with Crippen LogP contribution in [-0.4, -0.2) is 63.6 Å². The number of carbonyl (C=O) groups is 1. The second-order valence-electron chi connectivity index (χ2n) is 8.99. The number of fused-ring (bicyclic) bond motifs is 1. The number of carbonyl (C=O) groups excluding carboxylic acids is 1. The van der Waals surface area contributed by atoms with E-state index < -0.39 is 16.8 Å². The molecule has 4 heterocycles. The summed E-state index contributed by atoms with van der Waals surface area (Å²) in [7, 11) is 0.918. The summed E-state index contributed by atoms with van der Waals surface area (Å²) >= 11 is 1.19. The van der Waals surface area contributed by atoms with E-state index in [9.17, 15) is 9.00 Å². The van der Waals surface area contributed by atoms with Gasteiger partial charge >= 0.3 is 5.97 Å². The molecule has 0 aliphatic heterocycles. The van der Waals surface area contributed by atoms with E-state index in [2.05, 4.69) is 25.6 Å². The first-order valence-electron chi connectivity index (χ1n) is 12.6. The minimum absolute atomic E-state index is 0.287. The van der Waals surface area contributed by atoms with Gasteiger partial charge in [-0.1, -0.05) is 23.5 Å². The summed E-state index contributed by atoms with van der Waals surface area (Å²) in [6.07, 6.45) is 7.74. The average Bonchev–Trinajstić information content (AvgIpc) is 3.63. The van der Waals surface area contributed by atoms with Gasteiger partial charge in [-0.15, -0.1) is 0 Å². The molecule has 1 atom stereocenters. The van der Waals surface area contributed by atoms with Gasteiger partial charge in [-0.3, -0.25) is 9.53 Å². The zero-order chi connectivity index (χ0) is 28.2. The van der Waals surface area contributed by atoms with Gasteiger partial charge in [0.15, 0.2) is 22.1 Å². The van der Waals surface area contributed by atoms with Gasteiger partial charge in [-0.2, -0.15) is 9.97 Å². The molecule has 1 aromatic carbocycles. The number of thiazole rings is 1. The van der Waals surface area contributed by atoms with Crippen molar-refractivity contribution in [2.45, 2.75) is 31.7 Å². The lowest BCUT2D eigenvalue weighted by Crippen LogP contribution is -2.11. The highest BCUT2D eigenvalue weighted by atomic mass is 32.2. The van der Waals surface area contributed by atoms with Crippen molar-refractivity contribution in [2.24, 2.45) is 7.05 Å². The Morgan fingerprint density at radius 3 is 2.65 bits per heavy atom. The second-order valence-corrected chi connectivity index (χ2v) is 11.4. The van der Waals surface area contributed by atoms with Crippen LogP contribution < -0.4 is 10.6 Å². The van der Waals surface area contributed by atoms with Crippen LogP contribution in [0.15, 0.2) is 48.0 Å². The Morgan fingerprint density at radius 1 is 1.15 bits per heavy atom. The number of nitrogens with one attached hydrogen (secondary N) is 2. The molecule has 0 fully saturated rings. The molecular formula is C26H29N9O3S2. The van der Waals surface area contributed by atoms with Gasteiger partial charge in [0.2, 0.25) is 5.95 Å². The van der Waals surface area contributed by atoms with Crippen LogP contribution in [0.25, 0.3) is 11.2 Å². The molecule has 208 valence electrons. The standard InChI is InChI=1S/C26H29N9O3S2/c1-5-38-24(36)21-16(2)30-26(39-21)33-25-31-22(28-11-10-18-12-27-14-34(18)3)20-23(32-25)35(15-29-20)13-17-6-8-19(9-7-17)40(4)37/h6-9,12,14-15H,5,10-11,13H2,1-4H3,(H2,28,30,31,32,33). The number of anilines is 3. The molecule has 1 unspecified atom stereocenters. The predicted molar refractivity (Wildman–Crippen MR) is 155 cm³/mol. The van der Waals surface area contributed by atoms with E-state index in [1.807, 2.05) is 46.6 Å². The molecule has 4 aromatic heterocycles. The fraction of sp³-hybridized carbons (Fsp3) is 0.308. The van der Waals surface area contributed by atoms with Gasteiger partial charge in [0.25, 0.3) is 0 Å². The summed E-state index contributed by atoms with van der Waals surface area (Å²) in [6, 6.07) is 7.63. The van der Waals surface area contributed by atoms with Crippen molar-refractivity contribution in [1.82, 2.24) is 34.1 Å². The van der Waals surface area contributed by atoms with Crippen LogP contribution in [0.2, 0.25) is 0 Å². The first-order chi connectivity index (χ1) is 19.3. The molecule has 40 heavy (non-hydrogen) atoms. The molecule has 0 saturated heterocycles. The van der Waals surface area contributed by atoms with Crippen LogP contribution in [0, 0.1) is 6.92 Å². The molecule has 5 rings (SSSR count). The summed E-state index contributed by atoms with van der Waals surface area (Å²) in [6.45, 7) is 4.94. The van der Waals surface area contributed by atoms with E-state index in [0.717, 1.165) is 22.6 Å². The maximum atomic E-state index is 12.3. The van der Waals surface area contributed by atoms with Crippen LogP contribution >= 0.6 is 11.3 Å². The fourth-order valence-corrected chi connectivity index (χ4v) is 5.46. The van der Waals surface area contributed by atoms with E-state index in [4.69, 9.17) is 14.7 Å². The molecule has 14 heteroatoms. The van der Waals surface area contributed by atoms with Crippen LogP contribution in [0.5, 0.6) is 0 Å². The Balaban J connectivity index is 1.45. The van der Waals surface area contributed by atoms with E-state index in [1.165, 1.54) is 11.3 Å². The van der Waals surface area contributed by atoms with Gasteiger partial charge in [0.05, 0.1) is 31.5 Å². The van der Waals surface area contributed by atoms with Gasteiger partial charge in [0, 0.05) is 53.9 Å². The molecule has 12 nitrogen and oxygen atoms in total. The monoisotopic (exact) mass is 579 g/mol. The third kappa shape index (κ3) is 6.02. The molecule has 0 aliphatic rings. The van der Waals surface area contributed by atoms with E-state index in [0.29, 0.717) is 51.7 Å². The zero-order valence-electron chi connectivity index (χ0n) is 22.5. The topological polar surface area (TPSA) is 142 Å². The summed E-state index contributed by atoms with van der Waals surface area (Å²) in [5.74, 6) is 0.484. The number of esters is 1. The summed E-state index contributed by atoms with van der Waals surface area (Å²) in [4.78, 5) is 36.2. The van der Waals surface area contributed by atoms with Crippen LogP contribution in [-0.2, 0) is 35.5 Å². The number of hydrogen-bond donors (Lipinski definition) is 2. The number of hydrogen-bond acceptors (Lipinski definition) is 11. The maximum absolute atomic E-state index is 12.3. The van der Waals surface area contributed by atoms with Gasteiger partial charge in [0.1, 0.15) is 4.88 Å². The average molecular weight is 580 g/mol. The van der Waals surface area contributed by atoms with Crippen molar-refractivity contribution in [3.8, 4) is 0 Å². The van der Waals surface area contributed by atoms with E-state index >= 15 is 0 Å². The minimum Gasteiger partial charge on any atom is -0.462 e. The molecule has 2 N–H and O–H groups in total. The highest BCUT2D eigenvalue weighted by Crippen LogP contribution is 2.28. The van der Waals surface area contributed by atoms with Crippen molar-refractivity contribution in [3.05, 3.63) is 64.9 Å². The fourth-order valence-electron chi connectivity index (χ4n) is 4.09. The third-order valence-corrected chi connectivity index (χ3v) is 8.13. The van der Waals surface area contributed by atoms with E-state index in [1.54, 1.807) is 32.8 Å². The quantitative estimate of drug-likeness (QED) is 0.223. The van der Waals surface area contributed by atoms with Crippen molar-refractivity contribution < 1.29 is 13.7 Å². The van der Waals surface area contributed by atoms with Gasteiger partial charge in [-0.05, 0) is 31.5 Å². The Labute approximate surface area is 237 Å². The number of rotatable bonds is 11. The van der Waals surface area contributed by atoms with Crippen molar-refractivity contribution in [2.75, 3.05) is 30.0 Å². The molecular weight excluding hydrogens is 550 g/mol. The molecule has 0 amide bonds. The normalized spacial score (nSPS) is 12.0. The van der Waals surface area contributed by atoms with Crippen molar-refractivity contribution in [1.29, 1.82) is 0 Å². The molecule has 0 radical (unpaired) electrons. The molecule has 5 aromatic rings. The number of benzene rings is 1. The summed E-state index contributed by atoms with van der Waals surface area (Å²) < 4.78 is 20.8. The molecule has 0 saturated carbocycles. The number of aromatic nitrogens is 7. The number of ether oxygens (including phenoxy) is 1. The predicted octanol–water partition coefficient (Wildman–Crippen LogP) is 3.69. The van der Waals surface area contributed by atoms with Crippen LogP contribution in [0.3, 0.4) is 0 Å². The largest absolute Gasteiger partial charge is 0.462 e. The molecule has 0 bridgehead atoms. The van der Waals surface area contributed by atoms with Crippen molar-refractivity contribution >= 4 is 56.2 Å². The lowest BCUT2D eigenvalue weighted by molar-refractivity contribution is 0.0531. The third-order valence-electron chi connectivity index (χ3n) is 6.14. The number of imidazole rings is 2. The zero-order valence-corrected chi connectivity index (χ0v) is 24.2. The van der Waals surface area contributed by atoms with Crippen LogP contribution in [0.1, 0.15) is 33.5 Å². The lowest BCUT2D eigenvalue weighted by atomic mass is 10.2. The number of aryl methyl sites for hydroxylation is 2. The molecule has 0 spiro atoms. The van der Waals surface area contributed by atoms with Crippen molar-refractivity contribution in [3.63, 3.8) is 0 Å². The highest BCUT2D eigenvalue weighted by Gasteiger charge is 2.19.